The number of carbonyl (C=O) groups is 1. The Hall–Kier alpha value is -0.720. The number of alkyl halides is 1. The van der Waals surface area contributed by atoms with Crippen molar-refractivity contribution in [2.75, 3.05) is 11.9 Å². The van der Waals surface area contributed by atoms with E-state index < -0.39 is 0 Å². The molecule has 1 aliphatic carbocycles. The Morgan fingerprint density at radius 3 is 3.00 bits per heavy atom. The van der Waals surface area contributed by atoms with Gasteiger partial charge in [0.25, 0.3) is 0 Å². The van der Waals surface area contributed by atoms with Crippen LogP contribution in [0.2, 0.25) is 0 Å². The van der Waals surface area contributed by atoms with Crippen LogP contribution in [0.25, 0.3) is 0 Å². The van der Waals surface area contributed by atoms with Gasteiger partial charge < -0.3 is 0 Å². The van der Waals surface area contributed by atoms with Crippen molar-refractivity contribution in [2.24, 2.45) is 5.92 Å². The summed E-state index contributed by atoms with van der Waals surface area (Å²) in [5.74, 6) is 1.82. The Bertz CT molecular complexity index is 436. The van der Waals surface area contributed by atoms with Crippen LogP contribution in [0.1, 0.15) is 18.0 Å². The van der Waals surface area contributed by atoms with E-state index in [1.165, 1.54) is 0 Å². The first-order valence-electron chi connectivity index (χ1n) is 4.92. The van der Waals surface area contributed by atoms with Crippen molar-refractivity contribution in [1.82, 2.24) is 9.97 Å². The molecular formula is C10H10IN3O. The topological polar surface area (TPSA) is 46.1 Å². The average Bonchev–Trinajstić information content (AvgIpc) is 3.05. The summed E-state index contributed by atoms with van der Waals surface area (Å²) in [6.45, 7) is 0. The zero-order chi connectivity index (χ0) is 10.6. The Labute approximate surface area is 101 Å². The van der Waals surface area contributed by atoms with E-state index in [1.54, 1.807) is 24.3 Å². The lowest BCUT2D eigenvalue weighted by Crippen LogP contribution is -2.34. The summed E-state index contributed by atoms with van der Waals surface area (Å²) < 4.78 is 0.0774. The minimum absolute atomic E-state index is 0.0774. The SMILES string of the molecule is CN1C(=O)[C@H](I)[C@H]2C[C@H]2c2nccnc21. The Morgan fingerprint density at radius 1 is 1.47 bits per heavy atom. The number of anilines is 1. The molecule has 1 amide bonds. The lowest BCUT2D eigenvalue weighted by Gasteiger charge is -2.18. The maximum Gasteiger partial charge on any atom is 0.241 e. The van der Waals surface area contributed by atoms with Gasteiger partial charge in [-0.15, -0.1) is 0 Å². The molecule has 78 valence electrons. The normalized spacial score (nSPS) is 33.1. The van der Waals surface area contributed by atoms with E-state index in [2.05, 4.69) is 32.6 Å². The van der Waals surface area contributed by atoms with Crippen LogP contribution >= 0.6 is 22.6 Å². The molecule has 1 aliphatic heterocycles. The monoisotopic (exact) mass is 315 g/mol. The van der Waals surface area contributed by atoms with Crippen LogP contribution in [0.4, 0.5) is 5.82 Å². The first kappa shape index (κ1) is 9.50. The molecule has 0 bridgehead atoms. The van der Waals surface area contributed by atoms with Crippen LogP contribution in [0.5, 0.6) is 0 Å². The lowest BCUT2D eigenvalue weighted by atomic mass is 10.2. The minimum atomic E-state index is 0.0774. The summed E-state index contributed by atoms with van der Waals surface area (Å²) in [6.07, 6.45) is 4.44. The van der Waals surface area contributed by atoms with Crippen LogP contribution in [0.15, 0.2) is 12.4 Å². The second kappa shape index (κ2) is 3.13. The van der Waals surface area contributed by atoms with Crippen molar-refractivity contribution in [3.63, 3.8) is 0 Å². The number of carbonyl (C=O) groups excluding carboxylic acids is 1. The molecule has 0 radical (unpaired) electrons. The smallest absolute Gasteiger partial charge is 0.241 e. The zero-order valence-electron chi connectivity index (χ0n) is 8.22. The van der Waals surface area contributed by atoms with Crippen LogP contribution in [0, 0.1) is 5.92 Å². The molecule has 3 rings (SSSR count). The number of hydrogen-bond acceptors (Lipinski definition) is 3. The van der Waals surface area contributed by atoms with Crippen LogP contribution < -0.4 is 4.90 Å². The Kier molecular flexibility index (Phi) is 1.99. The number of rotatable bonds is 0. The lowest BCUT2D eigenvalue weighted by molar-refractivity contribution is -0.117. The van der Waals surface area contributed by atoms with Gasteiger partial charge in [-0.3, -0.25) is 14.7 Å². The van der Waals surface area contributed by atoms with Crippen molar-refractivity contribution >= 4 is 34.3 Å². The summed E-state index contributed by atoms with van der Waals surface area (Å²) in [5.41, 5.74) is 0.998. The van der Waals surface area contributed by atoms with Gasteiger partial charge in [-0.05, 0) is 12.3 Å². The van der Waals surface area contributed by atoms with Gasteiger partial charge in [-0.25, -0.2) is 4.98 Å². The maximum absolute atomic E-state index is 12.0. The molecular weight excluding hydrogens is 305 g/mol. The third kappa shape index (κ3) is 1.28. The van der Waals surface area contributed by atoms with Crippen molar-refractivity contribution in [1.29, 1.82) is 0 Å². The van der Waals surface area contributed by atoms with Crippen LogP contribution in [-0.2, 0) is 4.79 Å². The van der Waals surface area contributed by atoms with Crippen molar-refractivity contribution in [2.45, 2.75) is 16.3 Å². The highest BCUT2D eigenvalue weighted by molar-refractivity contribution is 14.1. The van der Waals surface area contributed by atoms with E-state index >= 15 is 0 Å². The van der Waals surface area contributed by atoms with Crippen molar-refractivity contribution in [3.8, 4) is 0 Å². The second-order valence-corrected chi connectivity index (χ2v) is 5.41. The molecule has 5 heteroatoms. The maximum atomic E-state index is 12.0. The summed E-state index contributed by atoms with van der Waals surface area (Å²) in [7, 11) is 1.78. The van der Waals surface area contributed by atoms with Gasteiger partial charge in [0.15, 0.2) is 5.82 Å². The Balaban J connectivity index is 2.14. The largest absolute Gasteiger partial charge is 0.298 e. The quantitative estimate of drug-likeness (QED) is 0.536. The standard InChI is InChI=1S/C10H10IN3O/c1-14-9-8(12-2-3-13-9)6-4-5(6)7(11)10(14)15/h2-3,5-7H,4H2,1H3/t5-,6+,7+/m0/s1. The molecule has 15 heavy (non-hydrogen) atoms. The van der Waals surface area contributed by atoms with Gasteiger partial charge in [0, 0.05) is 25.4 Å². The summed E-state index contributed by atoms with van der Waals surface area (Å²) >= 11 is 2.24. The first-order chi connectivity index (χ1) is 7.20. The fraction of sp³-hybridized carbons (Fsp3) is 0.500. The molecule has 4 nitrogen and oxygen atoms in total. The molecule has 0 N–H and O–H groups in total. The highest BCUT2D eigenvalue weighted by Crippen LogP contribution is 2.55. The van der Waals surface area contributed by atoms with Gasteiger partial charge in [-0.2, -0.15) is 0 Å². The number of amides is 1. The fourth-order valence-corrected chi connectivity index (χ4v) is 3.40. The molecule has 1 aromatic rings. The summed E-state index contributed by atoms with van der Waals surface area (Å²) in [4.78, 5) is 22.3. The van der Waals surface area contributed by atoms with Gasteiger partial charge in [0.2, 0.25) is 5.91 Å². The molecule has 1 aromatic heterocycles. The van der Waals surface area contributed by atoms with E-state index in [1.807, 2.05) is 0 Å². The Morgan fingerprint density at radius 2 is 2.20 bits per heavy atom. The number of nitrogens with zero attached hydrogens (tertiary/aromatic N) is 3. The van der Waals surface area contributed by atoms with E-state index in [9.17, 15) is 4.79 Å². The van der Waals surface area contributed by atoms with E-state index in [0.29, 0.717) is 11.8 Å². The number of fused-ring (bicyclic) bond motifs is 3. The van der Waals surface area contributed by atoms with E-state index in [-0.39, 0.29) is 9.83 Å². The van der Waals surface area contributed by atoms with E-state index in [0.717, 1.165) is 17.9 Å². The van der Waals surface area contributed by atoms with Crippen LogP contribution in [-0.4, -0.2) is 26.8 Å². The highest BCUT2D eigenvalue weighted by atomic mass is 127. The van der Waals surface area contributed by atoms with Gasteiger partial charge in [0.05, 0.1) is 9.62 Å². The van der Waals surface area contributed by atoms with Crippen molar-refractivity contribution < 1.29 is 4.79 Å². The number of aromatic nitrogens is 2. The van der Waals surface area contributed by atoms with Crippen molar-refractivity contribution in [3.05, 3.63) is 18.1 Å². The highest BCUT2D eigenvalue weighted by Gasteiger charge is 2.51. The molecule has 0 aromatic carbocycles. The van der Waals surface area contributed by atoms with Crippen LogP contribution in [0.3, 0.4) is 0 Å². The van der Waals surface area contributed by atoms with Gasteiger partial charge in [-0.1, -0.05) is 22.6 Å². The third-order valence-corrected chi connectivity index (χ3v) is 4.61. The second-order valence-electron chi connectivity index (χ2n) is 4.07. The van der Waals surface area contributed by atoms with Gasteiger partial charge >= 0.3 is 0 Å². The average molecular weight is 315 g/mol. The predicted molar refractivity (Wildman–Crippen MR) is 64.1 cm³/mol. The van der Waals surface area contributed by atoms with E-state index in [4.69, 9.17) is 0 Å². The molecule has 0 unspecified atom stereocenters. The fourth-order valence-electron chi connectivity index (χ4n) is 2.19. The molecule has 0 saturated heterocycles. The third-order valence-electron chi connectivity index (χ3n) is 3.16. The predicted octanol–water partition coefficient (Wildman–Crippen LogP) is 1.36. The molecule has 2 heterocycles. The zero-order valence-corrected chi connectivity index (χ0v) is 10.4. The molecule has 1 saturated carbocycles. The summed E-state index contributed by atoms with van der Waals surface area (Å²) in [6, 6.07) is 0. The molecule has 2 aliphatic rings. The molecule has 0 spiro atoms. The number of halogens is 1. The number of hydrogen-bond donors (Lipinski definition) is 0. The summed E-state index contributed by atoms with van der Waals surface area (Å²) in [5, 5.41) is 0. The molecule has 3 atom stereocenters. The molecule has 1 fully saturated rings. The minimum Gasteiger partial charge on any atom is -0.298 e. The first-order valence-corrected chi connectivity index (χ1v) is 6.17. The van der Waals surface area contributed by atoms with Gasteiger partial charge in [0.1, 0.15) is 0 Å².